The fraction of sp³-hybridized carbons (Fsp3) is 0. The van der Waals surface area contributed by atoms with Gasteiger partial charge in [0, 0.05) is 15.9 Å². The molecule has 9 nitrogen and oxygen atoms in total. The molecule has 0 fully saturated rings. The highest BCUT2D eigenvalue weighted by atomic mass is 79.9. The van der Waals surface area contributed by atoms with Crippen LogP contribution in [0, 0.1) is 10.1 Å². The van der Waals surface area contributed by atoms with Gasteiger partial charge in [-0.25, -0.2) is 9.78 Å². The number of aromatic nitrogens is 1. The number of nitro benzene ring substituents is 1. The Kier molecular flexibility index (Phi) is 4.98. The van der Waals surface area contributed by atoms with E-state index in [2.05, 4.69) is 26.2 Å². The van der Waals surface area contributed by atoms with Gasteiger partial charge in [-0.3, -0.25) is 14.9 Å². The number of nitrogens with one attached hydrogen (secondary N) is 1. The summed E-state index contributed by atoms with van der Waals surface area (Å²) >= 11 is 3.35. The molecule has 0 bridgehead atoms. The van der Waals surface area contributed by atoms with Gasteiger partial charge in [0.2, 0.25) is 5.89 Å². The van der Waals surface area contributed by atoms with E-state index >= 15 is 0 Å². The minimum atomic E-state index is -0.769. The monoisotopic (exact) mass is 505 g/mol. The van der Waals surface area contributed by atoms with Crippen molar-refractivity contribution in [2.24, 2.45) is 0 Å². The van der Waals surface area contributed by atoms with Crippen molar-refractivity contribution < 1.29 is 18.6 Å². The number of nitrogens with zero attached hydrogens (tertiary/aromatic N) is 2. The van der Waals surface area contributed by atoms with E-state index in [-0.39, 0.29) is 22.7 Å². The molecule has 5 rings (SSSR count). The second-order valence-corrected chi connectivity index (χ2v) is 7.97. The van der Waals surface area contributed by atoms with Crippen LogP contribution in [0.2, 0.25) is 0 Å². The number of non-ortho nitro benzene ring substituents is 1. The van der Waals surface area contributed by atoms with Crippen LogP contribution < -0.4 is 10.9 Å². The lowest BCUT2D eigenvalue weighted by atomic mass is 10.1. The maximum atomic E-state index is 12.9. The molecule has 0 radical (unpaired) electrons. The predicted octanol–water partition coefficient (Wildman–Crippen LogP) is 5.52. The number of fused-ring (bicyclic) bond motifs is 2. The van der Waals surface area contributed by atoms with Gasteiger partial charge >= 0.3 is 5.63 Å². The van der Waals surface area contributed by atoms with E-state index < -0.39 is 16.5 Å². The third-order valence-corrected chi connectivity index (χ3v) is 5.42. The molecule has 0 unspecified atom stereocenters. The Morgan fingerprint density at radius 2 is 1.82 bits per heavy atom. The number of nitro groups is 1. The zero-order chi connectivity index (χ0) is 23.1. The second-order valence-electron chi connectivity index (χ2n) is 7.06. The van der Waals surface area contributed by atoms with Gasteiger partial charge in [-0.2, -0.15) is 0 Å². The number of rotatable bonds is 4. The van der Waals surface area contributed by atoms with Gasteiger partial charge in [-0.1, -0.05) is 28.1 Å². The molecule has 0 aliphatic rings. The van der Waals surface area contributed by atoms with Crippen molar-refractivity contribution in [2.75, 3.05) is 5.32 Å². The number of para-hydroxylation sites is 1. The maximum absolute atomic E-state index is 12.9. The van der Waals surface area contributed by atoms with Crippen LogP contribution in [0.15, 0.2) is 84.8 Å². The van der Waals surface area contributed by atoms with Crippen molar-refractivity contribution in [3.63, 3.8) is 0 Å². The third kappa shape index (κ3) is 3.87. The minimum Gasteiger partial charge on any atom is -0.436 e. The largest absolute Gasteiger partial charge is 0.436 e. The Morgan fingerprint density at radius 3 is 2.64 bits per heavy atom. The highest BCUT2D eigenvalue weighted by Crippen LogP contribution is 2.31. The van der Waals surface area contributed by atoms with E-state index in [1.807, 2.05) is 0 Å². The third-order valence-electron chi connectivity index (χ3n) is 4.93. The molecule has 2 heterocycles. The first-order chi connectivity index (χ1) is 15.9. The van der Waals surface area contributed by atoms with Gasteiger partial charge in [-0.05, 0) is 42.5 Å². The summed E-state index contributed by atoms with van der Waals surface area (Å²) in [7, 11) is 0. The quantitative estimate of drug-likeness (QED) is 0.193. The van der Waals surface area contributed by atoms with Crippen LogP contribution in [0.25, 0.3) is 33.5 Å². The van der Waals surface area contributed by atoms with E-state index in [0.717, 1.165) is 4.47 Å². The van der Waals surface area contributed by atoms with Gasteiger partial charge in [0.1, 0.15) is 16.7 Å². The number of hydrogen-bond donors (Lipinski definition) is 1. The van der Waals surface area contributed by atoms with Gasteiger partial charge in [0.05, 0.1) is 22.2 Å². The topological polar surface area (TPSA) is 128 Å². The summed E-state index contributed by atoms with van der Waals surface area (Å²) in [6, 6.07) is 17.4. The Morgan fingerprint density at radius 1 is 1.00 bits per heavy atom. The summed E-state index contributed by atoms with van der Waals surface area (Å²) < 4.78 is 11.8. The van der Waals surface area contributed by atoms with Crippen molar-refractivity contribution >= 4 is 55.3 Å². The molecular weight excluding hydrogens is 494 g/mol. The summed E-state index contributed by atoms with van der Waals surface area (Å²) in [5.41, 5.74) is 0.758. The zero-order valence-electron chi connectivity index (χ0n) is 16.6. The molecule has 33 heavy (non-hydrogen) atoms. The lowest BCUT2D eigenvalue weighted by Crippen LogP contribution is -2.21. The maximum Gasteiger partial charge on any atom is 0.349 e. The number of hydrogen-bond acceptors (Lipinski definition) is 7. The summed E-state index contributed by atoms with van der Waals surface area (Å²) in [6.45, 7) is 0. The van der Waals surface area contributed by atoms with Crippen LogP contribution in [0.4, 0.5) is 11.4 Å². The number of halogens is 1. The molecule has 0 atom stereocenters. The first-order valence-electron chi connectivity index (χ1n) is 9.58. The molecule has 1 N–H and O–H groups in total. The highest BCUT2D eigenvalue weighted by Gasteiger charge is 2.19. The second kappa shape index (κ2) is 7.99. The predicted molar refractivity (Wildman–Crippen MR) is 124 cm³/mol. The molecule has 5 aromatic rings. The summed E-state index contributed by atoms with van der Waals surface area (Å²) in [5, 5.41) is 14.3. The molecule has 1 amide bonds. The molecule has 0 saturated heterocycles. The highest BCUT2D eigenvalue weighted by molar-refractivity contribution is 9.10. The number of amides is 1. The Balaban J connectivity index is 1.52. The molecule has 2 aromatic heterocycles. The van der Waals surface area contributed by atoms with Crippen molar-refractivity contribution in [2.45, 2.75) is 0 Å². The Labute approximate surface area is 192 Å². The number of benzene rings is 3. The van der Waals surface area contributed by atoms with Gasteiger partial charge in [-0.15, -0.1) is 0 Å². The fourth-order valence-corrected chi connectivity index (χ4v) is 3.74. The zero-order valence-corrected chi connectivity index (χ0v) is 18.2. The molecule has 0 aliphatic heterocycles. The Bertz CT molecular complexity index is 1640. The van der Waals surface area contributed by atoms with E-state index in [0.29, 0.717) is 27.7 Å². The van der Waals surface area contributed by atoms with Crippen LogP contribution in [-0.4, -0.2) is 15.8 Å². The first kappa shape index (κ1) is 20.6. The number of oxazole rings is 1. The minimum absolute atomic E-state index is 0.124. The van der Waals surface area contributed by atoms with Crippen LogP contribution in [-0.2, 0) is 0 Å². The van der Waals surface area contributed by atoms with Crippen LogP contribution in [0.3, 0.4) is 0 Å². The van der Waals surface area contributed by atoms with Crippen molar-refractivity contribution in [1.82, 2.24) is 4.98 Å². The molecule has 3 aromatic carbocycles. The summed E-state index contributed by atoms with van der Waals surface area (Å²) in [6.07, 6.45) is 0. The lowest BCUT2D eigenvalue weighted by molar-refractivity contribution is -0.384. The SMILES string of the molecule is O=C(Nc1ccccc1-c1nc2ccc([N+](=O)[O-])cc2o1)c1cc2cc(Br)ccc2oc1=O. The first-order valence-corrected chi connectivity index (χ1v) is 10.4. The number of carbonyl (C=O) groups is 1. The van der Waals surface area contributed by atoms with E-state index in [4.69, 9.17) is 8.83 Å². The number of anilines is 1. The van der Waals surface area contributed by atoms with Crippen LogP contribution in [0.1, 0.15) is 10.4 Å². The van der Waals surface area contributed by atoms with Crippen molar-refractivity contribution in [3.05, 3.63) is 97.3 Å². The average molecular weight is 506 g/mol. The average Bonchev–Trinajstić information content (AvgIpc) is 3.22. The Hall–Kier alpha value is -4.31. The van der Waals surface area contributed by atoms with Gasteiger partial charge in [0.15, 0.2) is 5.58 Å². The lowest BCUT2D eigenvalue weighted by Gasteiger charge is -2.09. The molecule has 0 spiro atoms. The smallest absolute Gasteiger partial charge is 0.349 e. The van der Waals surface area contributed by atoms with Crippen LogP contribution in [0.5, 0.6) is 0 Å². The fourth-order valence-electron chi connectivity index (χ4n) is 3.36. The van der Waals surface area contributed by atoms with E-state index in [9.17, 15) is 19.7 Å². The van der Waals surface area contributed by atoms with Gasteiger partial charge < -0.3 is 14.2 Å². The molecular formula is C23H12BrN3O6. The van der Waals surface area contributed by atoms with E-state index in [1.165, 1.54) is 24.3 Å². The van der Waals surface area contributed by atoms with Crippen molar-refractivity contribution in [1.29, 1.82) is 0 Å². The standard InChI is InChI=1S/C23H12BrN3O6/c24-13-5-8-19-12(9-13)10-16(23(29)33-19)21(28)25-17-4-2-1-3-15(17)22-26-18-7-6-14(27(30)31)11-20(18)32-22/h1-11H,(H,25,28). The van der Waals surface area contributed by atoms with Gasteiger partial charge in [0.25, 0.3) is 11.6 Å². The molecule has 0 saturated carbocycles. The van der Waals surface area contributed by atoms with Crippen LogP contribution >= 0.6 is 15.9 Å². The summed E-state index contributed by atoms with van der Waals surface area (Å²) in [4.78, 5) is 40.2. The summed E-state index contributed by atoms with van der Waals surface area (Å²) in [5.74, 6) is -0.499. The normalized spacial score (nSPS) is 11.1. The molecule has 0 aliphatic carbocycles. The van der Waals surface area contributed by atoms with E-state index in [1.54, 1.807) is 42.5 Å². The molecule has 10 heteroatoms. The number of carbonyl (C=O) groups excluding carboxylic acids is 1. The van der Waals surface area contributed by atoms with Crippen molar-refractivity contribution in [3.8, 4) is 11.5 Å². The molecule has 162 valence electrons.